The summed E-state index contributed by atoms with van der Waals surface area (Å²) in [6.45, 7) is 13.0. The molecule has 0 radical (unpaired) electrons. The number of nitrogens with zero attached hydrogens (tertiary/aromatic N) is 1. The lowest BCUT2D eigenvalue weighted by molar-refractivity contribution is 0.0972. The number of aliphatic hydroxyl groups is 3. The molecule has 2 atom stereocenters. The van der Waals surface area contributed by atoms with Gasteiger partial charge in [0, 0.05) is 22.5 Å². The minimum Gasteiger partial charge on any atom is -0.392 e. The van der Waals surface area contributed by atoms with Gasteiger partial charge in [0.1, 0.15) is 6.10 Å². The number of rotatable bonds is 6. The van der Waals surface area contributed by atoms with Crippen LogP contribution in [0.1, 0.15) is 125 Å². The van der Waals surface area contributed by atoms with E-state index in [1.807, 2.05) is 36.0 Å². The van der Waals surface area contributed by atoms with Gasteiger partial charge < -0.3 is 15.3 Å². The molecular formula is C31H45NO3S. The zero-order valence-corrected chi connectivity index (χ0v) is 24.0. The second-order valence-corrected chi connectivity index (χ2v) is 13.0. The predicted octanol–water partition coefficient (Wildman–Crippen LogP) is 7.11. The molecule has 1 aromatic carbocycles. The van der Waals surface area contributed by atoms with Crippen LogP contribution in [-0.4, -0.2) is 31.8 Å². The van der Waals surface area contributed by atoms with E-state index in [1.54, 1.807) is 0 Å². The van der Waals surface area contributed by atoms with Crippen molar-refractivity contribution in [2.75, 3.05) is 6.26 Å². The van der Waals surface area contributed by atoms with Crippen molar-refractivity contribution in [3.8, 4) is 0 Å². The van der Waals surface area contributed by atoms with Gasteiger partial charge in [-0.2, -0.15) is 11.8 Å². The maximum absolute atomic E-state index is 11.6. The molecule has 2 aliphatic rings. The zero-order chi connectivity index (χ0) is 26.6. The summed E-state index contributed by atoms with van der Waals surface area (Å²) in [6, 6.07) is 7.47. The van der Waals surface area contributed by atoms with Crippen molar-refractivity contribution in [2.24, 2.45) is 5.41 Å². The highest BCUT2D eigenvalue weighted by molar-refractivity contribution is 7.99. The number of hydrogen-bond acceptors (Lipinski definition) is 5. The van der Waals surface area contributed by atoms with Crippen LogP contribution in [0.2, 0.25) is 0 Å². The molecule has 0 saturated carbocycles. The first-order chi connectivity index (χ1) is 17.0. The Morgan fingerprint density at radius 1 is 1.11 bits per heavy atom. The van der Waals surface area contributed by atoms with E-state index in [0.29, 0.717) is 6.42 Å². The Hall–Kier alpha value is -1.66. The maximum Gasteiger partial charge on any atom is 0.106 e. The van der Waals surface area contributed by atoms with Gasteiger partial charge in [-0.25, -0.2) is 0 Å². The fourth-order valence-corrected chi connectivity index (χ4v) is 5.26. The van der Waals surface area contributed by atoms with Crippen LogP contribution in [0.15, 0.2) is 30.3 Å². The number of thioether (sulfide) groups is 1. The third-order valence-corrected chi connectivity index (χ3v) is 8.18. The topological polar surface area (TPSA) is 73.6 Å². The van der Waals surface area contributed by atoms with Crippen molar-refractivity contribution in [2.45, 2.75) is 104 Å². The lowest BCUT2D eigenvalue weighted by atomic mass is 9.71. The van der Waals surface area contributed by atoms with Crippen LogP contribution >= 0.6 is 11.8 Å². The maximum atomic E-state index is 11.6. The molecule has 3 N–H and O–H groups in total. The van der Waals surface area contributed by atoms with Gasteiger partial charge >= 0.3 is 0 Å². The predicted molar refractivity (Wildman–Crippen MR) is 152 cm³/mol. The fourth-order valence-electron chi connectivity index (χ4n) is 5.26. The van der Waals surface area contributed by atoms with Crippen molar-refractivity contribution in [3.63, 3.8) is 0 Å². The Labute approximate surface area is 222 Å². The third kappa shape index (κ3) is 6.61. The second kappa shape index (κ2) is 12.3. The number of allylic oxidation sites excluding steroid dienone is 2. The molecule has 1 aromatic heterocycles. The minimum absolute atomic E-state index is 0.00471. The van der Waals surface area contributed by atoms with E-state index in [1.165, 1.54) is 5.57 Å². The molecule has 2 aromatic rings. The molecule has 0 aliphatic heterocycles. The molecule has 0 amide bonds. The highest BCUT2D eigenvalue weighted by Crippen LogP contribution is 2.48. The number of aliphatic hydroxyl groups excluding tert-OH is 3. The van der Waals surface area contributed by atoms with Gasteiger partial charge in [0.05, 0.1) is 12.7 Å². The van der Waals surface area contributed by atoms with E-state index in [9.17, 15) is 15.3 Å². The lowest BCUT2D eigenvalue weighted by Crippen LogP contribution is -2.29. The summed E-state index contributed by atoms with van der Waals surface area (Å²) in [4.78, 5) is 5.08. The highest BCUT2D eigenvalue weighted by atomic mass is 32.2. The Morgan fingerprint density at radius 3 is 2.25 bits per heavy atom. The summed E-state index contributed by atoms with van der Waals surface area (Å²) in [5.41, 5.74) is 7.55. The Bertz CT molecular complexity index is 1060. The smallest absolute Gasteiger partial charge is 0.106 e. The zero-order valence-electron chi connectivity index (χ0n) is 23.1. The number of benzene rings is 1. The Kier molecular flexibility index (Phi) is 9.84. The SMILES string of the molecule is CC(C)c1nc2c(c(C3=CCCC3)c1[C@@H](O)c1ccc(CO)cc1)C(O)CC(C)(C)C2.CSC(C)C. The molecule has 0 bridgehead atoms. The van der Waals surface area contributed by atoms with Crippen molar-refractivity contribution in [3.05, 3.63) is 69.5 Å². The average molecular weight is 512 g/mol. The fraction of sp³-hybridized carbons (Fsp3) is 0.581. The molecule has 1 unspecified atom stereocenters. The third-order valence-electron chi connectivity index (χ3n) is 7.24. The normalized spacial score (nSPS) is 19.6. The average Bonchev–Trinajstić information content (AvgIpc) is 3.36. The molecule has 36 heavy (non-hydrogen) atoms. The molecule has 1 heterocycles. The standard InChI is InChI=1S/C27H35NO3.C4H10S/c1-16(2)25-24(26(31)19-11-9-17(15-29)10-12-19)22(18-7-5-6-8-18)23-20(28-25)13-27(3,4)14-21(23)30;1-4(2)5-3/h7,9-12,16,21,26,29-31H,5-6,8,13-15H2,1-4H3;4H,1-3H3/t21?,26-;/m0./s1. The van der Waals surface area contributed by atoms with Gasteiger partial charge in [0.15, 0.2) is 0 Å². The molecule has 0 saturated heterocycles. The summed E-state index contributed by atoms with van der Waals surface area (Å²) in [7, 11) is 0. The van der Waals surface area contributed by atoms with Gasteiger partial charge in [-0.1, -0.05) is 71.9 Å². The lowest BCUT2D eigenvalue weighted by Gasteiger charge is -2.37. The van der Waals surface area contributed by atoms with Crippen LogP contribution in [0.3, 0.4) is 0 Å². The van der Waals surface area contributed by atoms with Crippen LogP contribution in [0.25, 0.3) is 5.57 Å². The molecule has 0 spiro atoms. The van der Waals surface area contributed by atoms with Crippen LogP contribution < -0.4 is 0 Å². The Morgan fingerprint density at radius 2 is 1.75 bits per heavy atom. The summed E-state index contributed by atoms with van der Waals surface area (Å²) in [5, 5.41) is 33.0. The number of pyridine rings is 1. The molecule has 0 fully saturated rings. The number of hydrogen-bond donors (Lipinski definition) is 3. The van der Waals surface area contributed by atoms with Gasteiger partial charge in [-0.3, -0.25) is 4.98 Å². The van der Waals surface area contributed by atoms with E-state index in [4.69, 9.17) is 4.98 Å². The minimum atomic E-state index is -0.832. The second-order valence-electron chi connectivity index (χ2n) is 11.6. The van der Waals surface area contributed by atoms with Crippen molar-refractivity contribution >= 4 is 17.3 Å². The van der Waals surface area contributed by atoms with Crippen molar-refractivity contribution in [1.29, 1.82) is 0 Å². The molecular weight excluding hydrogens is 466 g/mol. The summed E-state index contributed by atoms with van der Waals surface area (Å²) in [5.74, 6) is 0.148. The molecule has 2 aliphatic carbocycles. The highest BCUT2D eigenvalue weighted by Gasteiger charge is 2.38. The van der Waals surface area contributed by atoms with E-state index in [2.05, 4.69) is 53.9 Å². The summed E-state index contributed by atoms with van der Waals surface area (Å²) < 4.78 is 0. The van der Waals surface area contributed by atoms with Crippen molar-refractivity contribution < 1.29 is 15.3 Å². The van der Waals surface area contributed by atoms with E-state index in [0.717, 1.165) is 70.1 Å². The number of fused-ring (bicyclic) bond motifs is 1. The van der Waals surface area contributed by atoms with E-state index < -0.39 is 12.2 Å². The van der Waals surface area contributed by atoms with Crippen LogP contribution in [0, 0.1) is 5.41 Å². The number of aromatic nitrogens is 1. The first-order valence-electron chi connectivity index (χ1n) is 13.3. The largest absolute Gasteiger partial charge is 0.392 e. The first kappa shape index (κ1) is 28.9. The van der Waals surface area contributed by atoms with Gasteiger partial charge in [0.25, 0.3) is 0 Å². The monoisotopic (exact) mass is 511 g/mol. The molecule has 4 nitrogen and oxygen atoms in total. The van der Waals surface area contributed by atoms with Crippen LogP contribution in [-0.2, 0) is 13.0 Å². The van der Waals surface area contributed by atoms with Crippen LogP contribution in [0.5, 0.6) is 0 Å². The van der Waals surface area contributed by atoms with E-state index in [-0.39, 0.29) is 17.9 Å². The molecule has 4 rings (SSSR count). The van der Waals surface area contributed by atoms with Crippen LogP contribution in [0.4, 0.5) is 0 Å². The summed E-state index contributed by atoms with van der Waals surface area (Å²) >= 11 is 1.88. The van der Waals surface area contributed by atoms with Gasteiger partial charge in [0.2, 0.25) is 0 Å². The molecule has 198 valence electrons. The molecule has 5 heteroatoms. The first-order valence-corrected chi connectivity index (χ1v) is 14.6. The van der Waals surface area contributed by atoms with Gasteiger partial charge in [-0.05, 0) is 77.2 Å². The summed E-state index contributed by atoms with van der Waals surface area (Å²) in [6.07, 6.45) is 7.62. The Balaban J connectivity index is 0.000000658. The van der Waals surface area contributed by atoms with Crippen molar-refractivity contribution in [1.82, 2.24) is 4.98 Å². The van der Waals surface area contributed by atoms with Gasteiger partial charge in [-0.15, -0.1) is 0 Å². The van der Waals surface area contributed by atoms with E-state index >= 15 is 0 Å². The quantitative estimate of drug-likeness (QED) is 0.385.